The molecule has 7 nitrogen and oxygen atoms in total. The highest BCUT2D eigenvalue weighted by Crippen LogP contribution is 2.28. The molecule has 0 radical (unpaired) electrons. The molecule has 0 heterocycles. The van der Waals surface area contributed by atoms with E-state index in [4.69, 9.17) is 11.6 Å². The molecule has 0 saturated carbocycles. The van der Waals surface area contributed by atoms with Gasteiger partial charge in [-0.25, -0.2) is 8.42 Å². The van der Waals surface area contributed by atoms with Gasteiger partial charge in [-0.15, -0.1) is 0 Å². The summed E-state index contributed by atoms with van der Waals surface area (Å²) in [5.74, 6) is -0.833. The second-order valence-corrected chi connectivity index (χ2v) is 11.5. The molecular formula is C29H34ClN3O4S. The van der Waals surface area contributed by atoms with Crippen LogP contribution in [0.15, 0.2) is 72.8 Å². The van der Waals surface area contributed by atoms with E-state index >= 15 is 0 Å². The van der Waals surface area contributed by atoms with Crippen LogP contribution in [0.5, 0.6) is 0 Å². The number of likely N-dealkylation sites (N-methyl/N-ethyl adjacent to an activating group) is 1. The van der Waals surface area contributed by atoms with Crippen LogP contribution in [0.3, 0.4) is 0 Å². The average Bonchev–Trinajstić information content (AvgIpc) is 2.86. The first-order chi connectivity index (χ1) is 18.0. The van der Waals surface area contributed by atoms with Crippen LogP contribution in [-0.4, -0.2) is 50.5 Å². The molecule has 0 aromatic heterocycles. The molecule has 38 heavy (non-hydrogen) atoms. The van der Waals surface area contributed by atoms with Gasteiger partial charge in [-0.05, 0) is 49.1 Å². The number of anilines is 1. The van der Waals surface area contributed by atoms with E-state index in [1.165, 1.54) is 4.90 Å². The number of para-hydroxylation sites is 1. The standard InChI is InChI=1S/C29H34ClN3O4S/c1-5-31-29(35)26(18-23-14-7-6-8-15-23)32(19-24-16-9-10-17-25(24)30)27(34)20-33(38(4,36)37)28-21(2)12-11-13-22(28)3/h6-17,26H,5,18-20H2,1-4H3,(H,31,35). The molecule has 3 aromatic rings. The fraction of sp³-hybridized carbons (Fsp3) is 0.310. The first-order valence-electron chi connectivity index (χ1n) is 12.4. The third-order valence-electron chi connectivity index (χ3n) is 6.29. The molecule has 9 heteroatoms. The first kappa shape index (κ1) is 29.2. The minimum atomic E-state index is -3.83. The van der Waals surface area contributed by atoms with Gasteiger partial charge in [0.2, 0.25) is 21.8 Å². The van der Waals surface area contributed by atoms with Crippen molar-refractivity contribution < 1.29 is 18.0 Å². The summed E-state index contributed by atoms with van der Waals surface area (Å²) in [5, 5.41) is 3.29. The molecule has 2 amide bonds. The highest BCUT2D eigenvalue weighted by atomic mass is 35.5. The van der Waals surface area contributed by atoms with Crippen LogP contribution in [0.2, 0.25) is 5.02 Å². The largest absolute Gasteiger partial charge is 0.355 e. The van der Waals surface area contributed by atoms with Crippen LogP contribution in [0.1, 0.15) is 29.2 Å². The van der Waals surface area contributed by atoms with E-state index in [-0.39, 0.29) is 18.9 Å². The van der Waals surface area contributed by atoms with Crippen molar-refractivity contribution in [1.29, 1.82) is 0 Å². The number of hydrogen-bond acceptors (Lipinski definition) is 4. The highest BCUT2D eigenvalue weighted by Gasteiger charge is 2.33. The van der Waals surface area contributed by atoms with Gasteiger partial charge in [0.1, 0.15) is 12.6 Å². The lowest BCUT2D eigenvalue weighted by atomic mass is 10.0. The molecule has 0 fully saturated rings. The Morgan fingerprint density at radius 2 is 1.53 bits per heavy atom. The Balaban J connectivity index is 2.09. The number of benzene rings is 3. The third kappa shape index (κ3) is 7.36. The van der Waals surface area contributed by atoms with Crippen molar-refractivity contribution in [1.82, 2.24) is 10.2 Å². The molecular weight excluding hydrogens is 522 g/mol. The molecule has 0 saturated heterocycles. The predicted molar refractivity (Wildman–Crippen MR) is 153 cm³/mol. The normalized spacial score (nSPS) is 12.0. The summed E-state index contributed by atoms with van der Waals surface area (Å²) in [5.41, 5.74) is 3.44. The number of hydrogen-bond donors (Lipinski definition) is 1. The average molecular weight is 556 g/mol. The van der Waals surface area contributed by atoms with Gasteiger partial charge in [0.05, 0.1) is 11.9 Å². The second-order valence-electron chi connectivity index (χ2n) is 9.22. The second kappa shape index (κ2) is 12.9. The summed E-state index contributed by atoms with van der Waals surface area (Å²) < 4.78 is 27.0. The van der Waals surface area contributed by atoms with Crippen LogP contribution in [-0.2, 0) is 32.6 Å². The Morgan fingerprint density at radius 3 is 2.11 bits per heavy atom. The van der Waals surface area contributed by atoms with Crippen LogP contribution < -0.4 is 9.62 Å². The Bertz CT molecular complexity index is 1360. The molecule has 1 N–H and O–H groups in total. The third-order valence-corrected chi connectivity index (χ3v) is 7.77. The van der Waals surface area contributed by atoms with Gasteiger partial charge >= 0.3 is 0 Å². The topological polar surface area (TPSA) is 86.8 Å². The molecule has 3 aromatic carbocycles. The van der Waals surface area contributed by atoms with Gasteiger partial charge in [0.15, 0.2) is 0 Å². The molecule has 0 aliphatic carbocycles. The van der Waals surface area contributed by atoms with E-state index < -0.39 is 28.5 Å². The summed E-state index contributed by atoms with van der Waals surface area (Å²) in [6.07, 6.45) is 1.33. The van der Waals surface area contributed by atoms with E-state index in [1.807, 2.05) is 49.4 Å². The SMILES string of the molecule is CCNC(=O)C(Cc1ccccc1)N(Cc1ccccc1Cl)C(=O)CN(c1c(C)cccc1C)S(C)(=O)=O. The van der Waals surface area contributed by atoms with Crippen molar-refractivity contribution in [3.63, 3.8) is 0 Å². The summed E-state index contributed by atoms with van der Waals surface area (Å²) >= 11 is 6.45. The number of halogens is 1. The maximum atomic E-state index is 14.0. The van der Waals surface area contributed by atoms with Gasteiger partial charge in [0.25, 0.3) is 0 Å². The number of nitrogens with zero attached hydrogens (tertiary/aromatic N) is 2. The summed E-state index contributed by atoms with van der Waals surface area (Å²) in [4.78, 5) is 28.8. The molecule has 0 bridgehead atoms. The van der Waals surface area contributed by atoms with Crippen molar-refractivity contribution in [2.45, 2.75) is 39.8 Å². The lowest BCUT2D eigenvalue weighted by molar-refractivity contribution is -0.140. The lowest BCUT2D eigenvalue weighted by Gasteiger charge is -2.34. The highest BCUT2D eigenvalue weighted by molar-refractivity contribution is 7.92. The van der Waals surface area contributed by atoms with Crippen molar-refractivity contribution in [3.05, 3.63) is 100 Å². The monoisotopic (exact) mass is 555 g/mol. The summed E-state index contributed by atoms with van der Waals surface area (Å²) in [6.45, 7) is 5.39. The quantitative estimate of drug-likeness (QED) is 0.377. The van der Waals surface area contributed by atoms with Crippen LogP contribution in [0.4, 0.5) is 5.69 Å². The van der Waals surface area contributed by atoms with Crippen LogP contribution in [0.25, 0.3) is 0 Å². The Kier molecular flexibility index (Phi) is 9.94. The zero-order chi connectivity index (χ0) is 27.9. The van der Waals surface area contributed by atoms with Crippen LogP contribution in [0, 0.1) is 13.8 Å². The fourth-order valence-electron chi connectivity index (χ4n) is 4.43. The van der Waals surface area contributed by atoms with Crippen LogP contribution >= 0.6 is 11.6 Å². The minimum Gasteiger partial charge on any atom is -0.355 e. The lowest BCUT2D eigenvalue weighted by Crippen LogP contribution is -2.53. The number of amides is 2. The van der Waals surface area contributed by atoms with E-state index in [2.05, 4.69) is 5.32 Å². The summed E-state index contributed by atoms with van der Waals surface area (Å²) in [7, 11) is -3.83. The van der Waals surface area contributed by atoms with Crippen molar-refractivity contribution in [2.75, 3.05) is 23.7 Å². The van der Waals surface area contributed by atoms with Gasteiger partial charge in [-0.1, -0.05) is 78.3 Å². The number of nitrogens with one attached hydrogen (secondary N) is 1. The number of aryl methyl sites for hydroxylation is 2. The van der Waals surface area contributed by atoms with E-state index in [1.54, 1.807) is 44.2 Å². The van der Waals surface area contributed by atoms with E-state index in [0.717, 1.165) is 27.3 Å². The molecule has 0 spiro atoms. The Morgan fingerprint density at radius 1 is 0.921 bits per heavy atom. The number of rotatable bonds is 11. The first-order valence-corrected chi connectivity index (χ1v) is 14.6. The van der Waals surface area contributed by atoms with Crippen molar-refractivity contribution in [3.8, 4) is 0 Å². The maximum absolute atomic E-state index is 14.0. The van der Waals surface area contributed by atoms with E-state index in [0.29, 0.717) is 22.8 Å². The number of carbonyl (C=O) groups excluding carboxylic acids is 2. The maximum Gasteiger partial charge on any atom is 0.244 e. The minimum absolute atomic E-state index is 0.0392. The number of sulfonamides is 1. The predicted octanol–water partition coefficient (Wildman–Crippen LogP) is 4.50. The van der Waals surface area contributed by atoms with Crippen molar-refractivity contribution >= 4 is 39.1 Å². The van der Waals surface area contributed by atoms with Gasteiger partial charge in [-0.2, -0.15) is 0 Å². The Hall–Kier alpha value is -3.36. The van der Waals surface area contributed by atoms with Gasteiger partial charge in [0, 0.05) is 24.5 Å². The Labute approximate surface area is 230 Å². The molecule has 0 aliphatic rings. The molecule has 3 rings (SSSR count). The smallest absolute Gasteiger partial charge is 0.244 e. The molecule has 1 unspecified atom stereocenters. The summed E-state index contributed by atoms with van der Waals surface area (Å²) in [6, 6.07) is 21.1. The van der Waals surface area contributed by atoms with Crippen molar-refractivity contribution in [2.24, 2.45) is 0 Å². The van der Waals surface area contributed by atoms with Gasteiger partial charge in [-0.3, -0.25) is 13.9 Å². The number of carbonyl (C=O) groups is 2. The molecule has 0 aliphatic heterocycles. The fourth-order valence-corrected chi connectivity index (χ4v) is 5.59. The molecule has 1 atom stereocenters. The van der Waals surface area contributed by atoms with E-state index in [9.17, 15) is 18.0 Å². The zero-order valence-electron chi connectivity index (χ0n) is 22.1. The van der Waals surface area contributed by atoms with Gasteiger partial charge < -0.3 is 10.2 Å². The zero-order valence-corrected chi connectivity index (χ0v) is 23.7. The molecule has 202 valence electrons.